The predicted molar refractivity (Wildman–Crippen MR) is 63.2 cm³/mol. The Morgan fingerprint density at radius 1 is 1.47 bits per heavy atom. The van der Waals surface area contributed by atoms with Crippen molar-refractivity contribution in [3.05, 3.63) is 0 Å². The van der Waals surface area contributed by atoms with E-state index >= 15 is 0 Å². The van der Waals surface area contributed by atoms with Gasteiger partial charge in [-0.15, -0.1) is 0 Å². The van der Waals surface area contributed by atoms with Crippen molar-refractivity contribution in [1.82, 2.24) is 10.2 Å². The summed E-state index contributed by atoms with van der Waals surface area (Å²) in [6.07, 6.45) is 1.41. The minimum absolute atomic E-state index is 0.181. The number of hydrogen-bond donors (Lipinski definition) is 1. The molecule has 88 valence electrons. The molecule has 1 N–H and O–H groups in total. The molecule has 0 aromatic rings. The van der Waals surface area contributed by atoms with Crippen molar-refractivity contribution in [1.29, 1.82) is 0 Å². The molecule has 2 unspecified atom stereocenters. The van der Waals surface area contributed by atoms with Gasteiger partial charge in [0.1, 0.15) is 0 Å². The number of ether oxygens (including phenoxy) is 1. The van der Waals surface area contributed by atoms with Crippen molar-refractivity contribution < 1.29 is 4.74 Å². The minimum Gasteiger partial charge on any atom is -0.381 e. The van der Waals surface area contributed by atoms with Gasteiger partial charge in [0.25, 0.3) is 0 Å². The lowest BCUT2D eigenvalue weighted by atomic mass is 9.64. The Hall–Kier alpha value is -0.770. The van der Waals surface area contributed by atoms with Crippen LogP contribution in [0.1, 0.15) is 20.3 Å². The summed E-state index contributed by atoms with van der Waals surface area (Å²) in [5.74, 6) is 0.933. The van der Waals surface area contributed by atoms with Gasteiger partial charge in [-0.05, 0) is 6.42 Å². The van der Waals surface area contributed by atoms with Crippen LogP contribution >= 0.6 is 0 Å². The molecule has 4 nitrogen and oxygen atoms in total. The summed E-state index contributed by atoms with van der Waals surface area (Å²) in [5, 5.41) is 3.45. The molecule has 1 rings (SSSR count). The first-order chi connectivity index (χ1) is 6.93. The molecule has 1 aliphatic carbocycles. The number of guanidine groups is 1. The predicted octanol–water partition coefficient (Wildman–Crippen LogP) is 0.937. The van der Waals surface area contributed by atoms with E-state index in [9.17, 15) is 0 Å². The van der Waals surface area contributed by atoms with E-state index in [0.717, 1.165) is 12.4 Å². The summed E-state index contributed by atoms with van der Waals surface area (Å²) in [6.45, 7) is 4.45. The second-order valence-corrected chi connectivity index (χ2v) is 4.92. The average Bonchev–Trinajstić information content (AvgIpc) is 2.16. The minimum atomic E-state index is 0.181. The lowest BCUT2D eigenvalue weighted by Crippen LogP contribution is -2.63. The van der Waals surface area contributed by atoms with Crippen molar-refractivity contribution in [2.45, 2.75) is 32.4 Å². The number of methoxy groups -OCH3 is 1. The van der Waals surface area contributed by atoms with Crippen molar-refractivity contribution in [2.75, 3.05) is 28.3 Å². The lowest BCUT2D eigenvalue weighted by Gasteiger charge is -2.51. The smallest absolute Gasteiger partial charge is 0.193 e. The van der Waals surface area contributed by atoms with Crippen LogP contribution in [0.3, 0.4) is 0 Å². The highest BCUT2D eigenvalue weighted by atomic mass is 16.5. The molecule has 0 radical (unpaired) electrons. The van der Waals surface area contributed by atoms with Gasteiger partial charge < -0.3 is 15.0 Å². The second-order valence-electron chi connectivity index (χ2n) is 4.92. The van der Waals surface area contributed by atoms with E-state index in [0.29, 0.717) is 12.1 Å². The first-order valence-electron chi connectivity index (χ1n) is 5.37. The van der Waals surface area contributed by atoms with Gasteiger partial charge in [0.2, 0.25) is 0 Å². The van der Waals surface area contributed by atoms with Crippen LogP contribution in [0.4, 0.5) is 0 Å². The molecule has 1 fully saturated rings. The van der Waals surface area contributed by atoms with Crippen molar-refractivity contribution in [3.63, 3.8) is 0 Å². The Kier molecular flexibility index (Phi) is 3.60. The summed E-state index contributed by atoms with van der Waals surface area (Å²) < 4.78 is 5.41. The monoisotopic (exact) mass is 213 g/mol. The lowest BCUT2D eigenvalue weighted by molar-refractivity contribution is -0.0926. The first kappa shape index (κ1) is 12.3. The first-order valence-corrected chi connectivity index (χ1v) is 5.37. The van der Waals surface area contributed by atoms with Crippen LogP contribution in [0.15, 0.2) is 4.99 Å². The van der Waals surface area contributed by atoms with Crippen LogP contribution in [0.5, 0.6) is 0 Å². The number of nitrogens with zero attached hydrogens (tertiary/aromatic N) is 2. The zero-order valence-electron chi connectivity index (χ0n) is 10.7. The summed E-state index contributed by atoms with van der Waals surface area (Å²) in [6, 6.07) is 0.448. The van der Waals surface area contributed by atoms with E-state index in [2.05, 4.69) is 24.2 Å². The van der Waals surface area contributed by atoms with Gasteiger partial charge in [0.15, 0.2) is 5.96 Å². The van der Waals surface area contributed by atoms with Crippen molar-refractivity contribution >= 4 is 5.96 Å². The third-order valence-corrected chi connectivity index (χ3v) is 3.40. The van der Waals surface area contributed by atoms with Gasteiger partial charge in [-0.2, -0.15) is 0 Å². The van der Waals surface area contributed by atoms with Crippen LogP contribution in [-0.4, -0.2) is 51.3 Å². The Balaban J connectivity index is 2.56. The molecular formula is C11H23N3O. The standard InChI is InChI=1S/C11H23N3O/c1-11(2)8(7-9(11)15-6)13-10(12-3)14(4)5/h8-9H,7H2,1-6H3,(H,12,13). The molecule has 0 aliphatic heterocycles. The number of nitrogens with one attached hydrogen (secondary N) is 1. The molecular weight excluding hydrogens is 190 g/mol. The maximum absolute atomic E-state index is 5.41. The highest BCUT2D eigenvalue weighted by Gasteiger charge is 2.49. The number of rotatable bonds is 2. The van der Waals surface area contributed by atoms with E-state index in [1.165, 1.54) is 0 Å². The zero-order chi connectivity index (χ0) is 11.6. The molecule has 0 amide bonds. The average molecular weight is 213 g/mol. The largest absolute Gasteiger partial charge is 0.381 e. The fourth-order valence-corrected chi connectivity index (χ4v) is 2.08. The Morgan fingerprint density at radius 2 is 2.07 bits per heavy atom. The fourth-order valence-electron chi connectivity index (χ4n) is 2.08. The molecule has 0 bridgehead atoms. The van der Waals surface area contributed by atoms with Gasteiger partial charge in [0.05, 0.1) is 6.10 Å². The van der Waals surface area contributed by atoms with Gasteiger partial charge in [0, 0.05) is 39.7 Å². The van der Waals surface area contributed by atoms with Gasteiger partial charge >= 0.3 is 0 Å². The van der Waals surface area contributed by atoms with Crippen molar-refractivity contribution in [3.8, 4) is 0 Å². The summed E-state index contributed by atoms with van der Waals surface area (Å²) >= 11 is 0. The maximum Gasteiger partial charge on any atom is 0.193 e. The Labute approximate surface area is 92.7 Å². The molecule has 0 heterocycles. The van der Waals surface area contributed by atoms with E-state index in [4.69, 9.17) is 4.74 Å². The Bertz CT molecular complexity index is 248. The molecule has 0 saturated heterocycles. The van der Waals surface area contributed by atoms with Gasteiger partial charge in [-0.3, -0.25) is 4.99 Å². The molecule has 15 heavy (non-hydrogen) atoms. The van der Waals surface area contributed by atoms with Crippen LogP contribution in [0, 0.1) is 5.41 Å². The van der Waals surface area contributed by atoms with Crippen LogP contribution < -0.4 is 5.32 Å². The molecule has 4 heteroatoms. The number of hydrogen-bond acceptors (Lipinski definition) is 2. The Morgan fingerprint density at radius 3 is 2.40 bits per heavy atom. The van der Waals surface area contributed by atoms with E-state index in [1.807, 2.05) is 26.0 Å². The normalized spacial score (nSPS) is 29.6. The zero-order valence-corrected chi connectivity index (χ0v) is 10.7. The quantitative estimate of drug-likeness (QED) is 0.548. The van der Waals surface area contributed by atoms with E-state index in [1.54, 1.807) is 7.11 Å². The second kappa shape index (κ2) is 4.39. The molecule has 0 aromatic heterocycles. The van der Waals surface area contributed by atoms with Crippen LogP contribution in [0.2, 0.25) is 0 Å². The maximum atomic E-state index is 5.41. The third kappa shape index (κ3) is 2.25. The van der Waals surface area contributed by atoms with Crippen LogP contribution in [-0.2, 0) is 4.74 Å². The third-order valence-electron chi connectivity index (χ3n) is 3.40. The molecule has 0 aromatic carbocycles. The summed E-state index contributed by atoms with van der Waals surface area (Å²) in [7, 11) is 7.58. The van der Waals surface area contributed by atoms with Crippen LogP contribution in [0.25, 0.3) is 0 Å². The SMILES string of the molecule is CN=C(NC1CC(OC)C1(C)C)N(C)C. The summed E-state index contributed by atoms with van der Waals surface area (Å²) in [4.78, 5) is 6.21. The molecule has 0 spiro atoms. The fraction of sp³-hybridized carbons (Fsp3) is 0.909. The topological polar surface area (TPSA) is 36.9 Å². The van der Waals surface area contributed by atoms with E-state index < -0.39 is 0 Å². The van der Waals surface area contributed by atoms with Gasteiger partial charge in [-0.1, -0.05) is 13.8 Å². The molecule has 1 aliphatic rings. The molecule has 2 atom stereocenters. The van der Waals surface area contributed by atoms with Crippen molar-refractivity contribution in [2.24, 2.45) is 10.4 Å². The van der Waals surface area contributed by atoms with E-state index in [-0.39, 0.29) is 5.41 Å². The van der Waals surface area contributed by atoms with Gasteiger partial charge in [-0.25, -0.2) is 0 Å². The molecule has 1 saturated carbocycles. The highest BCUT2D eigenvalue weighted by molar-refractivity contribution is 5.79. The number of aliphatic imine (C=N–C) groups is 1. The summed E-state index contributed by atoms with van der Waals surface area (Å²) in [5.41, 5.74) is 0.181. The highest BCUT2D eigenvalue weighted by Crippen LogP contribution is 2.42.